The first-order valence-electron chi connectivity index (χ1n) is 5.92. The van der Waals surface area contributed by atoms with Gasteiger partial charge in [-0.1, -0.05) is 0 Å². The summed E-state index contributed by atoms with van der Waals surface area (Å²) in [5.74, 6) is -1.76. The van der Waals surface area contributed by atoms with Gasteiger partial charge in [0, 0.05) is 19.6 Å². The molecule has 6 nitrogen and oxygen atoms in total. The average Bonchev–Trinajstić information content (AvgIpc) is 2.33. The summed E-state index contributed by atoms with van der Waals surface area (Å²) >= 11 is 0. The van der Waals surface area contributed by atoms with Crippen molar-refractivity contribution < 1.29 is 22.8 Å². The minimum atomic E-state index is -4.22. The number of piperidine rings is 1. The Morgan fingerprint density at radius 2 is 1.84 bits per heavy atom. The van der Waals surface area contributed by atoms with Crippen LogP contribution in [-0.4, -0.2) is 43.8 Å². The van der Waals surface area contributed by atoms with Gasteiger partial charge in [0.1, 0.15) is 0 Å². The first-order chi connectivity index (χ1) is 8.80. The molecular formula is C10H17F3N4O2. The van der Waals surface area contributed by atoms with Crippen molar-refractivity contribution in [1.29, 1.82) is 0 Å². The van der Waals surface area contributed by atoms with Crippen LogP contribution in [-0.2, 0) is 4.79 Å². The minimum Gasteiger partial charge on any atom is -0.353 e. The molecule has 0 spiro atoms. The van der Waals surface area contributed by atoms with E-state index in [1.165, 1.54) is 0 Å². The maximum Gasteiger partial charge on any atom is 0.393 e. The van der Waals surface area contributed by atoms with Crippen LogP contribution in [0.15, 0.2) is 0 Å². The summed E-state index contributed by atoms with van der Waals surface area (Å²) in [7, 11) is 0. The third kappa shape index (κ3) is 5.33. The molecule has 3 amide bonds. The zero-order chi connectivity index (χ0) is 14.5. The molecule has 9 heteroatoms. The second-order valence-electron chi connectivity index (χ2n) is 4.36. The molecular weight excluding hydrogens is 265 g/mol. The lowest BCUT2D eigenvalue weighted by Crippen LogP contribution is -2.52. The van der Waals surface area contributed by atoms with E-state index in [2.05, 4.69) is 16.0 Å². The van der Waals surface area contributed by atoms with Crippen LogP contribution in [0.1, 0.15) is 12.8 Å². The lowest BCUT2D eigenvalue weighted by Gasteiger charge is -2.30. The summed E-state index contributed by atoms with van der Waals surface area (Å²) in [6.07, 6.45) is -4.15. The summed E-state index contributed by atoms with van der Waals surface area (Å²) in [5.41, 5.74) is 4.83. The van der Waals surface area contributed by atoms with E-state index in [1.807, 2.05) is 0 Å². The number of hydrogen-bond acceptors (Lipinski definition) is 3. The van der Waals surface area contributed by atoms with E-state index in [1.54, 1.807) is 0 Å². The van der Waals surface area contributed by atoms with Crippen molar-refractivity contribution in [2.24, 2.45) is 11.7 Å². The predicted molar refractivity (Wildman–Crippen MR) is 61.2 cm³/mol. The quantitative estimate of drug-likeness (QED) is 0.533. The maximum atomic E-state index is 12.4. The third-order valence-electron chi connectivity index (χ3n) is 2.92. The Morgan fingerprint density at radius 3 is 2.32 bits per heavy atom. The zero-order valence-corrected chi connectivity index (χ0v) is 10.2. The molecule has 2 atom stereocenters. The summed E-state index contributed by atoms with van der Waals surface area (Å²) in [6, 6.07) is -1.31. The Morgan fingerprint density at radius 1 is 1.21 bits per heavy atom. The summed E-state index contributed by atoms with van der Waals surface area (Å²) < 4.78 is 37.2. The lowest BCUT2D eigenvalue weighted by atomic mass is 9.94. The second kappa shape index (κ2) is 6.60. The van der Waals surface area contributed by atoms with E-state index in [0.717, 1.165) is 0 Å². The smallest absolute Gasteiger partial charge is 0.353 e. The van der Waals surface area contributed by atoms with Crippen molar-refractivity contribution in [2.75, 3.05) is 19.6 Å². The molecule has 0 aromatic carbocycles. The van der Waals surface area contributed by atoms with Gasteiger partial charge in [-0.2, -0.15) is 13.2 Å². The second-order valence-corrected chi connectivity index (χ2v) is 4.36. The van der Waals surface area contributed by atoms with Crippen molar-refractivity contribution in [2.45, 2.75) is 25.1 Å². The van der Waals surface area contributed by atoms with Crippen molar-refractivity contribution in [3.63, 3.8) is 0 Å². The van der Waals surface area contributed by atoms with Gasteiger partial charge in [-0.3, -0.25) is 4.79 Å². The van der Waals surface area contributed by atoms with Gasteiger partial charge in [0.2, 0.25) is 5.91 Å². The summed E-state index contributed by atoms with van der Waals surface area (Å²) in [4.78, 5) is 22.0. The van der Waals surface area contributed by atoms with Gasteiger partial charge in [-0.25, -0.2) is 4.79 Å². The molecule has 1 aliphatic heterocycles. The number of urea groups is 1. The van der Waals surface area contributed by atoms with E-state index in [0.29, 0.717) is 0 Å². The highest BCUT2D eigenvalue weighted by atomic mass is 19.4. The molecule has 1 heterocycles. The van der Waals surface area contributed by atoms with Gasteiger partial charge < -0.3 is 21.7 Å². The molecule has 19 heavy (non-hydrogen) atoms. The Kier molecular flexibility index (Phi) is 5.40. The molecule has 1 fully saturated rings. The van der Waals surface area contributed by atoms with Crippen LogP contribution < -0.4 is 21.7 Å². The van der Waals surface area contributed by atoms with Gasteiger partial charge >= 0.3 is 12.2 Å². The van der Waals surface area contributed by atoms with Crippen LogP contribution in [0.3, 0.4) is 0 Å². The number of nitrogens with two attached hydrogens (primary N) is 1. The van der Waals surface area contributed by atoms with E-state index in [-0.39, 0.29) is 38.4 Å². The van der Waals surface area contributed by atoms with Gasteiger partial charge in [0.15, 0.2) is 0 Å². The lowest BCUT2D eigenvalue weighted by molar-refractivity contribution is -0.180. The number of carbonyl (C=O) groups is 2. The fourth-order valence-electron chi connectivity index (χ4n) is 1.85. The van der Waals surface area contributed by atoms with E-state index in [4.69, 9.17) is 5.73 Å². The first kappa shape index (κ1) is 15.5. The largest absolute Gasteiger partial charge is 0.393 e. The number of halogens is 3. The Labute approximate surface area is 108 Å². The minimum absolute atomic E-state index is 0.0614. The zero-order valence-electron chi connectivity index (χ0n) is 10.2. The molecule has 0 aromatic rings. The Balaban J connectivity index is 2.23. The number of alkyl halides is 3. The Hall–Kier alpha value is -1.51. The highest BCUT2D eigenvalue weighted by Gasteiger charge is 2.42. The third-order valence-corrected chi connectivity index (χ3v) is 2.92. The van der Waals surface area contributed by atoms with Crippen LogP contribution in [0.25, 0.3) is 0 Å². The summed E-state index contributed by atoms with van der Waals surface area (Å²) in [6.45, 7) is 0.114. The van der Waals surface area contributed by atoms with Crippen molar-refractivity contribution in [3.05, 3.63) is 0 Å². The van der Waals surface area contributed by atoms with Crippen LogP contribution in [0.5, 0.6) is 0 Å². The van der Waals surface area contributed by atoms with Crippen molar-refractivity contribution >= 4 is 11.9 Å². The number of amides is 3. The van der Waals surface area contributed by atoms with Crippen molar-refractivity contribution in [3.8, 4) is 0 Å². The number of hydrogen-bond donors (Lipinski definition) is 4. The predicted octanol–water partition coefficient (Wildman–Crippen LogP) is -0.299. The van der Waals surface area contributed by atoms with E-state index >= 15 is 0 Å². The number of rotatable bonds is 4. The molecule has 0 radical (unpaired) electrons. The molecule has 5 N–H and O–H groups in total. The highest BCUT2D eigenvalue weighted by molar-refractivity contribution is 5.81. The standard InChI is InChI=1S/C10H17F3N4O2/c11-10(12,13)6-1-2-7(17-5-6)8(18)15-3-4-16-9(14)19/h6-7,17H,1-5H2,(H,15,18)(H3,14,16,19). The molecule has 0 bridgehead atoms. The number of nitrogens with one attached hydrogen (secondary N) is 3. The summed E-state index contributed by atoms with van der Waals surface area (Å²) in [5, 5.41) is 7.38. The average molecular weight is 282 g/mol. The van der Waals surface area contributed by atoms with Gasteiger partial charge in [0.05, 0.1) is 12.0 Å². The maximum absolute atomic E-state index is 12.4. The fourth-order valence-corrected chi connectivity index (χ4v) is 1.85. The van der Waals surface area contributed by atoms with Gasteiger partial charge in [-0.15, -0.1) is 0 Å². The van der Waals surface area contributed by atoms with Crippen LogP contribution in [0, 0.1) is 5.92 Å². The molecule has 1 aliphatic rings. The Bertz CT molecular complexity index is 327. The van der Waals surface area contributed by atoms with Gasteiger partial charge in [-0.05, 0) is 12.8 Å². The fraction of sp³-hybridized carbons (Fsp3) is 0.800. The molecule has 0 aromatic heterocycles. The SMILES string of the molecule is NC(=O)NCCNC(=O)C1CCC(C(F)(F)F)CN1. The topological polar surface area (TPSA) is 96.2 Å². The molecule has 0 saturated carbocycles. The number of primary amides is 1. The monoisotopic (exact) mass is 282 g/mol. The van der Waals surface area contributed by atoms with Crippen LogP contribution in [0.2, 0.25) is 0 Å². The normalized spacial score (nSPS) is 23.7. The molecule has 1 rings (SSSR count). The molecule has 110 valence electrons. The van der Waals surface area contributed by atoms with Crippen molar-refractivity contribution in [1.82, 2.24) is 16.0 Å². The highest BCUT2D eigenvalue weighted by Crippen LogP contribution is 2.31. The van der Waals surface area contributed by atoms with Crippen LogP contribution >= 0.6 is 0 Å². The molecule has 0 aliphatic carbocycles. The first-order valence-corrected chi connectivity index (χ1v) is 5.92. The number of carbonyl (C=O) groups excluding carboxylic acids is 2. The van der Waals surface area contributed by atoms with Gasteiger partial charge in [0.25, 0.3) is 0 Å². The van der Waals surface area contributed by atoms with Crippen LogP contribution in [0.4, 0.5) is 18.0 Å². The molecule has 1 saturated heterocycles. The molecule has 2 unspecified atom stereocenters. The van der Waals surface area contributed by atoms with E-state index < -0.39 is 24.2 Å². The van der Waals surface area contributed by atoms with E-state index in [9.17, 15) is 22.8 Å².